The predicted octanol–water partition coefficient (Wildman–Crippen LogP) is 2.94. The van der Waals surface area contributed by atoms with Crippen LogP contribution in [0.3, 0.4) is 0 Å². The maximum absolute atomic E-state index is 6.05. The molecule has 0 saturated carbocycles. The summed E-state index contributed by atoms with van der Waals surface area (Å²) in [6.07, 6.45) is 0.611. The molecular formula is C11H13Cl2N3OS. The average molecular weight is 306 g/mol. The second-order valence-electron chi connectivity index (χ2n) is 3.38. The molecule has 0 bridgehead atoms. The number of rotatable bonds is 5. The molecule has 0 atom stereocenters. The minimum Gasteiger partial charge on any atom is -0.416 e. The first kappa shape index (κ1) is 15.3. The van der Waals surface area contributed by atoms with Gasteiger partial charge in [0.25, 0.3) is 5.22 Å². The van der Waals surface area contributed by atoms with Gasteiger partial charge in [-0.05, 0) is 11.6 Å². The zero-order valence-electron chi connectivity index (χ0n) is 9.51. The van der Waals surface area contributed by atoms with Gasteiger partial charge in [0.05, 0.1) is 0 Å². The molecule has 7 heteroatoms. The molecule has 2 rings (SSSR count). The van der Waals surface area contributed by atoms with Crippen molar-refractivity contribution in [2.45, 2.75) is 17.4 Å². The van der Waals surface area contributed by atoms with Gasteiger partial charge in [-0.15, -0.1) is 22.6 Å². The van der Waals surface area contributed by atoms with E-state index >= 15 is 0 Å². The standard InChI is InChI=1S/C11H12ClN3OS.ClH/c12-9-4-2-1-3-8(9)7-17-11-15-14-10(16-11)5-6-13;/h1-4H,5-7,13H2;1H. The molecule has 4 nitrogen and oxygen atoms in total. The Balaban J connectivity index is 0.00000162. The fourth-order valence-electron chi connectivity index (χ4n) is 1.28. The van der Waals surface area contributed by atoms with Crippen LogP contribution in [0, 0.1) is 0 Å². The average Bonchev–Trinajstić information content (AvgIpc) is 2.76. The summed E-state index contributed by atoms with van der Waals surface area (Å²) in [6, 6.07) is 7.70. The highest BCUT2D eigenvalue weighted by molar-refractivity contribution is 7.98. The molecule has 1 heterocycles. The molecule has 18 heavy (non-hydrogen) atoms. The van der Waals surface area contributed by atoms with E-state index in [0.29, 0.717) is 29.8 Å². The Labute approximate surface area is 121 Å². The largest absolute Gasteiger partial charge is 0.416 e. The van der Waals surface area contributed by atoms with Crippen LogP contribution in [0.5, 0.6) is 0 Å². The highest BCUT2D eigenvalue weighted by Gasteiger charge is 2.07. The van der Waals surface area contributed by atoms with Gasteiger partial charge in [0.15, 0.2) is 0 Å². The summed E-state index contributed by atoms with van der Waals surface area (Å²) in [5.74, 6) is 1.29. The van der Waals surface area contributed by atoms with Crippen molar-refractivity contribution >= 4 is 35.8 Å². The smallest absolute Gasteiger partial charge is 0.276 e. The Morgan fingerprint density at radius 2 is 2.06 bits per heavy atom. The molecule has 1 aromatic carbocycles. The summed E-state index contributed by atoms with van der Waals surface area (Å²) in [6.45, 7) is 0.511. The number of aromatic nitrogens is 2. The Kier molecular flexibility index (Phi) is 6.49. The van der Waals surface area contributed by atoms with E-state index in [9.17, 15) is 0 Å². The van der Waals surface area contributed by atoms with Crippen molar-refractivity contribution < 1.29 is 4.42 Å². The molecule has 0 amide bonds. The van der Waals surface area contributed by atoms with E-state index in [-0.39, 0.29) is 12.4 Å². The Hall–Kier alpha value is -0.750. The number of halogens is 2. The third-order valence-corrected chi connectivity index (χ3v) is 3.35. The molecule has 2 aromatic rings. The van der Waals surface area contributed by atoms with E-state index < -0.39 is 0 Å². The topological polar surface area (TPSA) is 64.9 Å². The fourth-order valence-corrected chi connectivity index (χ4v) is 2.34. The molecule has 0 fully saturated rings. The van der Waals surface area contributed by atoms with Gasteiger partial charge >= 0.3 is 0 Å². The molecule has 0 aliphatic rings. The van der Waals surface area contributed by atoms with Crippen LogP contribution >= 0.6 is 35.8 Å². The molecule has 0 unspecified atom stereocenters. The Morgan fingerprint density at radius 3 is 2.78 bits per heavy atom. The number of benzene rings is 1. The minimum absolute atomic E-state index is 0. The zero-order valence-corrected chi connectivity index (χ0v) is 11.9. The van der Waals surface area contributed by atoms with Crippen LogP contribution in [0.25, 0.3) is 0 Å². The van der Waals surface area contributed by atoms with Gasteiger partial charge in [-0.1, -0.05) is 41.6 Å². The quantitative estimate of drug-likeness (QED) is 0.860. The highest BCUT2D eigenvalue weighted by Crippen LogP contribution is 2.25. The first-order valence-corrected chi connectivity index (χ1v) is 6.54. The molecule has 0 aliphatic carbocycles. The predicted molar refractivity (Wildman–Crippen MR) is 75.3 cm³/mol. The van der Waals surface area contributed by atoms with Crippen LogP contribution in [0.15, 0.2) is 33.9 Å². The van der Waals surface area contributed by atoms with Gasteiger partial charge in [0.2, 0.25) is 5.89 Å². The van der Waals surface area contributed by atoms with Crippen LogP contribution in [0.1, 0.15) is 11.5 Å². The van der Waals surface area contributed by atoms with Crippen LogP contribution in [0.4, 0.5) is 0 Å². The van der Waals surface area contributed by atoms with Crippen LogP contribution in [-0.2, 0) is 12.2 Å². The van der Waals surface area contributed by atoms with Gasteiger partial charge < -0.3 is 10.2 Å². The van der Waals surface area contributed by atoms with Crippen molar-refractivity contribution in [3.05, 3.63) is 40.7 Å². The van der Waals surface area contributed by atoms with E-state index in [1.807, 2.05) is 24.3 Å². The lowest BCUT2D eigenvalue weighted by atomic mass is 10.2. The Bertz CT molecular complexity index is 493. The summed E-state index contributed by atoms with van der Waals surface area (Å²) >= 11 is 7.52. The lowest BCUT2D eigenvalue weighted by Gasteiger charge is -2.00. The highest BCUT2D eigenvalue weighted by atomic mass is 35.5. The number of nitrogens with zero attached hydrogens (tertiary/aromatic N) is 2. The molecule has 0 radical (unpaired) electrons. The van der Waals surface area contributed by atoms with Crippen molar-refractivity contribution in [1.82, 2.24) is 10.2 Å². The third-order valence-electron chi connectivity index (χ3n) is 2.12. The normalized spacial score (nSPS) is 10.1. The third kappa shape index (κ3) is 4.17. The molecule has 1 aromatic heterocycles. The number of hydrogen-bond donors (Lipinski definition) is 1. The van der Waals surface area contributed by atoms with Gasteiger partial charge in [0, 0.05) is 23.7 Å². The zero-order chi connectivity index (χ0) is 12.1. The minimum atomic E-state index is 0. The van der Waals surface area contributed by atoms with E-state index in [4.69, 9.17) is 21.8 Å². The second-order valence-corrected chi connectivity index (χ2v) is 4.71. The number of nitrogens with two attached hydrogens (primary N) is 1. The lowest BCUT2D eigenvalue weighted by Crippen LogP contribution is -2.02. The molecular weight excluding hydrogens is 293 g/mol. The number of hydrogen-bond acceptors (Lipinski definition) is 5. The van der Waals surface area contributed by atoms with Crippen molar-refractivity contribution in [3.63, 3.8) is 0 Å². The summed E-state index contributed by atoms with van der Waals surface area (Å²) in [5.41, 5.74) is 6.46. The van der Waals surface area contributed by atoms with Gasteiger partial charge in [0.1, 0.15) is 0 Å². The number of thioether (sulfide) groups is 1. The van der Waals surface area contributed by atoms with E-state index in [1.54, 1.807) is 0 Å². The molecule has 2 N–H and O–H groups in total. The van der Waals surface area contributed by atoms with Crippen LogP contribution in [0.2, 0.25) is 5.02 Å². The van der Waals surface area contributed by atoms with Crippen molar-refractivity contribution in [2.75, 3.05) is 6.54 Å². The van der Waals surface area contributed by atoms with Crippen LogP contribution < -0.4 is 5.73 Å². The molecule has 98 valence electrons. The van der Waals surface area contributed by atoms with E-state index in [1.165, 1.54) is 11.8 Å². The van der Waals surface area contributed by atoms with Crippen molar-refractivity contribution in [3.8, 4) is 0 Å². The first-order chi connectivity index (χ1) is 8.29. The van der Waals surface area contributed by atoms with Crippen molar-refractivity contribution in [1.29, 1.82) is 0 Å². The van der Waals surface area contributed by atoms with Crippen LogP contribution in [-0.4, -0.2) is 16.7 Å². The first-order valence-electron chi connectivity index (χ1n) is 5.18. The maximum Gasteiger partial charge on any atom is 0.276 e. The van der Waals surface area contributed by atoms with Gasteiger partial charge in [-0.2, -0.15) is 0 Å². The van der Waals surface area contributed by atoms with E-state index in [2.05, 4.69) is 10.2 Å². The van der Waals surface area contributed by atoms with Gasteiger partial charge in [-0.3, -0.25) is 0 Å². The SMILES string of the molecule is Cl.NCCc1nnc(SCc2ccccc2Cl)o1. The summed E-state index contributed by atoms with van der Waals surface area (Å²) < 4.78 is 5.40. The van der Waals surface area contributed by atoms with Crippen molar-refractivity contribution in [2.24, 2.45) is 5.73 Å². The maximum atomic E-state index is 6.05. The van der Waals surface area contributed by atoms with Gasteiger partial charge in [-0.25, -0.2) is 0 Å². The Morgan fingerprint density at radius 1 is 1.28 bits per heavy atom. The fraction of sp³-hybridized carbons (Fsp3) is 0.273. The molecule has 0 saturated heterocycles. The van der Waals surface area contributed by atoms with E-state index in [0.717, 1.165) is 10.6 Å². The summed E-state index contributed by atoms with van der Waals surface area (Å²) in [7, 11) is 0. The second kappa shape index (κ2) is 7.63. The molecule has 0 aliphatic heterocycles. The monoisotopic (exact) mass is 305 g/mol. The summed E-state index contributed by atoms with van der Waals surface area (Å²) in [4.78, 5) is 0. The molecule has 0 spiro atoms. The summed E-state index contributed by atoms with van der Waals surface area (Å²) in [5, 5.41) is 9.12. The lowest BCUT2D eigenvalue weighted by molar-refractivity contribution is 0.414.